The van der Waals surface area contributed by atoms with Crippen LogP contribution in [0.4, 0.5) is 0 Å². The van der Waals surface area contributed by atoms with E-state index in [2.05, 4.69) is 34.6 Å². The molecular formula is C19H27Cl2N3OS. The van der Waals surface area contributed by atoms with Crippen LogP contribution in [-0.2, 0) is 11.2 Å². The normalized spacial score (nSPS) is 18.9. The van der Waals surface area contributed by atoms with Gasteiger partial charge in [-0.1, -0.05) is 30.3 Å². The fraction of sp³-hybridized carbons (Fsp3) is 0.474. The molecule has 2 aromatic rings. The first-order valence-corrected chi connectivity index (χ1v) is 9.49. The van der Waals surface area contributed by atoms with E-state index in [9.17, 15) is 4.79 Å². The van der Waals surface area contributed by atoms with Gasteiger partial charge in [0.05, 0.1) is 10.7 Å². The third-order valence-corrected chi connectivity index (χ3v) is 5.64. The number of halogens is 2. The first kappa shape index (κ1) is 22.9. The Kier molecular flexibility index (Phi) is 9.58. The summed E-state index contributed by atoms with van der Waals surface area (Å²) in [6.45, 7) is 4.22. The SMILES string of the molecule is Cc1nc(CCCC(=O)N2C[C@@H](CN)[C@H](c3ccccc3)C2)cs1.Cl.Cl. The van der Waals surface area contributed by atoms with Crippen LogP contribution in [0.5, 0.6) is 0 Å². The van der Waals surface area contributed by atoms with E-state index in [0.717, 1.165) is 36.6 Å². The number of nitrogens with zero attached hydrogens (tertiary/aromatic N) is 2. The molecule has 0 unspecified atom stereocenters. The number of benzene rings is 1. The van der Waals surface area contributed by atoms with E-state index in [-0.39, 0.29) is 30.7 Å². The molecule has 144 valence electrons. The molecule has 0 saturated carbocycles. The van der Waals surface area contributed by atoms with Crippen LogP contribution in [-0.4, -0.2) is 35.4 Å². The maximum Gasteiger partial charge on any atom is 0.222 e. The Labute approximate surface area is 172 Å². The average Bonchev–Trinajstić information content (AvgIpc) is 3.22. The molecule has 1 aromatic heterocycles. The van der Waals surface area contributed by atoms with Crippen LogP contribution in [0.3, 0.4) is 0 Å². The number of carbonyl (C=O) groups is 1. The van der Waals surface area contributed by atoms with E-state index < -0.39 is 0 Å². The molecule has 0 bridgehead atoms. The summed E-state index contributed by atoms with van der Waals surface area (Å²) in [6, 6.07) is 10.4. The molecule has 2 heterocycles. The zero-order chi connectivity index (χ0) is 16.9. The van der Waals surface area contributed by atoms with Gasteiger partial charge < -0.3 is 10.6 Å². The molecule has 1 aromatic carbocycles. The second-order valence-corrected chi connectivity index (χ2v) is 7.59. The molecule has 2 N–H and O–H groups in total. The molecule has 3 rings (SSSR count). The number of aryl methyl sites for hydroxylation is 2. The Bertz CT molecular complexity index is 680. The van der Waals surface area contributed by atoms with Crippen molar-refractivity contribution in [1.29, 1.82) is 0 Å². The zero-order valence-electron chi connectivity index (χ0n) is 15.0. The molecule has 4 nitrogen and oxygen atoms in total. The highest BCUT2D eigenvalue weighted by Gasteiger charge is 2.34. The predicted octanol–water partition coefficient (Wildman–Crippen LogP) is 3.82. The van der Waals surface area contributed by atoms with Crippen molar-refractivity contribution in [2.24, 2.45) is 11.7 Å². The summed E-state index contributed by atoms with van der Waals surface area (Å²) in [4.78, 5) is 19.0. The second kappa shape index (κ2) is 10.9. The van der Waals surface area contributed by atoms with Crippen molar-refractivity contribution in [3.8, 4) is 0 Å². The lowest BCUT2D eigenvalue weighted by Gasteiger charge is -2.16. The van der Waals surface area contributed by atoms with Gasteiger partial charge in [0.2, 0.25) is 5.91 Å². The smallest absolute Gasteiger partial charge is 0.222 e. The fourth-order valence-electron chi connectivity index (χ4n) is 3.49. The van der Waals surface area contributed by atoms with E-state index >= 15 is 0 Å². The molecule has 1 fully saturated rings. The van der Waals surface area contributed by atoms with E-state index in [1.165, 1.54) is 5.56 Å². The zero-order valence-corrected chi connectivity index (χ0v) is 17.4. The first-order valence-electron chi connectivity index (χ1n) is 8.61. The maximum atomic E-state index is 12.5. The number of rotatable bonds is 6. The number of nitrogens with two attached hydrogens (primary N) is 1. The van der Waals surface area contributed by atoms with Crippen LogP contribution < -0.4 is 5.73 Å². The average molecular weight is 416 g/mol. The molecule has 1 aliphatic heterocycles. The minimum absolute atomic E-state index is 0. The number of aromatic nitrogens is 1. The van der Waals surface area contributed by atoms with Crippen molar-refractivity contribution < 1.29 is 4.79 Å². The number of amides is 1. The number of thiazole rings is 1. The summed E-state index contributed by atoms with van der Waals surface area (Å²) < 4.78 is 0. The van der Waals surface area contributed by atoms with Gasteiger partial charge in [0, 0.05) is 30.8 Å². The van der Waals surface area contributed by atoms with E-state index in [0.29, 0.717) is 24.8 Å². The molecule has 1 amide bonds. The largest absolute Gasteiger partial charge is 0.342 e. The Morgan fingerprint density at radius 3 is 2.62 bits per heavy atom. The van der Waals surface area contributed by atoms with Crippen LogP contribution in [0.15, 0.2) is 35.7 Å². The van der Waals surface area contributed by atoms with Gasteiger partial charge in [0.25, 0.3) is 0 Å². The van der Waals surface area contributed by atoms with E-state index in [4.69, 9.17) is 5.73 Å². The molecule has 0 spiro atoms. The third-order valence-electron chi connectivity index (χ3n) is 4.81. The van der Waals surface area contributed by atoms with Gasteiger partial charge in [-0.05, 0) is 37.8 Å². The third kappa shape index (κ3) is 5.68. The number of hydrogen-bond donors (Lipinski definition) is 1. The number of carbonyl (C=O) groups excluding carboxylic acids is 1. The van der Waals surface area contributed by atoms with Crippen molar-refractivity contribution in [3.63, 3.8) is 0 Å². The molecule has 0 aliphatic carbocycles. The molecule has 0 radical (unpaired) electrons. The summed E-state index contributed by atoms with van der Waals surface area (Å²) in [7, 11) is 0. The van der Waals surface area contributed by atoms with Gasteiger partial charge >= 0.3 is 0 Å². The molecular weight excluding hydrogens is 389 g/mol. The van der Waals surface area contributed by atoms with Gasteiger partial charge in [-0.25, -0.2) is 4.98 Å². The molecule has 26 heavy (non-hydrogen) atoms. The summed E-state index contributed by atoms with van der Waals surface area (Å²) in [5, 5.41) is 3.18. The van der Waals surface area contributed by atoms with Crippen LogP contribution in [0.1, 0.15) is 35.0 Å². The van der Waals surface area contributed by atoms with Crippen LogP contribution in [0.25, 0.3) is 0 Å². The van der Waals surface area contributed by atoms with E-state index in [1.54, 1.807) is 11.3 Å². The first-order chi connectivity index (χ1) is 11.7. The highest BCUT2D eigenvalue weighted by Crippen LogP contribution is 2.32. The second-order valence-electron chi connectivity index (χ2n) is 6.52. The standard InChI is InChI=1S/C19H25N3OS.2ClH/c1-14-21-17(13-24-14)8-5-9-19(23)22-11-16(10-20)18(12-22)15-6-3-2-4-7-15;;/h2-4,6-7,13,16,18H,5,8-12,20H2,1H3;2*1H/t16-,18+;;/m1../s1. The summed E-state index contributed by atoms with van der Waals surface area (Å²) >= 11 is 1.67. The summed E-state index contributed by atoms with van der Waals surface area (Å²) in [6.07, 6.45) is 2.34. The topological polar surface area (TPSA) is 59.2 Å². The fourth-order valence-corrected chi connectivity index (χ4v) is 4.14. The molecule has 2 atom stereocenters. The Morgan fingerprint density at radius 2 is 2.00 bits per heavy atom. The van der Waals surface area contributed by atoms with Gasteiger partial charge in [0.15, 0.2) is 0 Å². The van der Waals surface area contributed by atoms with Crippen molar-refractivity contribution in [1.82, 2.24) is 9.88 Å². The summed E-state index contributed by atoms with van der Waals surface area (Å²) in [5.74, 6) is 0.970. The van der Waals surface area contributed by atoms with Crippen LogP contribution in [0, 0.1) is 12.8 Å². The lowest BCUT2D eigenvalue weighted by molar-refractivity contribution is -0.130. The number of hydrogen-bond acceptors (Lipinski definition) is 4. The van der Waals surface area contributed by atoms with Gasteiger partial charge in [-0.2, -0.15) is 0 Å². The Morgan fingerprint density at radius 1 is 1.27 bits per heavy atom. The van der Waals surface area contributed by atoms with Crippen LogP contribution in [0.2, 0.25) is 0 Å². The van der Waals surface area contributed by atoms with Gasteiger partial charge in [0.1, 0.15) is 0 Å². The van der Waals surface area contributed by atoms with Gasteiger partial charge in [-0.3, -0.25) is 4.79 Å². The Balaban J connectivity index is 0.00000169. The minimum Gasteiger partial charge on any atom is -0.342 e. The highest BCUT2D eigenvalue weighted by atomic mass is 35.5. The highest BCUT2D eigenvalue weighted by molar-refractivity contribution is 7.09. The quantitative estimate of drug-likeness (QED) is 0.779. The molecule has 7 heteroatoms. The molecule has 1 saturated heterocycles. The van der Waals surface area contributed by atoms with Crippen LogP contribution >= 0.6 is 36.2 Å². The predicted molar refractivity (Wildman–Crippen MR) is 113 cm³/mol. The monoisotopic (exact) mass is 415 g/mol. The number of likely N-dealkylation sites (tertiary alicyclic amines) is 1. The summed E-state index contributed by atoms with van der Waals surface area (Å²) in [5.41, 5.74) is 8.36. The Hall–Kier alpha value is -1.14. The van der Waals surface area contributed by atoms with Crippen molar-refractivity contribution >= 4 is 42.1 Å². The lowest BCUT2D eigenvalue weighted by atomic mass is 9.89. The van der Waals surface area contributed by atoms with Crippen molar-refractivity contribution in [2.45, 2.75) is 32.1 Å². The van der Waals surface area contributed by atoms with Gasteiger partial charge in [-0.15, -0.1) is 36.2 Å². The van der Waals surface area contributed by atoms with Crippen molar-refractivity contribution in [3.05, 3.63) is 52.0 Å². The van der Waals surface area contributed by atoms with E-state index in [1.807, 2.05) is 17.9 Å². The lowest BCUT2D eigenvalue weighted by Crippen LogP contribution is -2.29. The minimum atomic E-state index is 0. The molecule has 1 aliphatic rings. The van der Waals surface area contributed by atoms with Crippen molar-refractivity contribution in [2.75, 3.05) is 19.6 Å². The maximum absolute atomic E-state index is 12.5.